The van der Waals surface area contributed by atoms with Crippen molar-refractivity contribution in [2.45, 2.75) is 55.3 Å². The molecule has 2 aliphatic rings. The van der Waals surface area contributed by atoms with Gasteiger partial charge >= 0.3 is 5.97 Å². The summed E-state index contributed by atoms with van der Waals surface area (Å²) in [5.41, 5.74) is -1.03. The van der Waals surface area contributed by atoms with Crippen LogP contribution in [0.4, 0.5) is 0 Å². The first kappa shape index (κ1) is 37.3. The van der Waals surface area contributed by atoms with Gasteiger partial charge in [-0.2, -0.15) is 0 Å². The van der Waals surface area contributed by atoms with E-state index in [-0.39, 0.29) is 16.9 Å². The van der Waals surface area contributed by atoms with E-state index >= 15 is 0 Å². The van der Waals surface area contributed by atoms with Gasteiger partial charge in [-0.25, -0.2) is 4.79 Å². The van der Waals surface area contributed by atoms with E-state index in [1.807, 2.05) is 0 Å². The first-order valence-corrected chi connectivity index (χ1v) is 15.9. The van der Waals surface area contributed by atoms with Crippen LogP contribution in [-0.2, 0) is 23.7 Å². The minimum absolute atomic E-state index is 0.0248. The van der Waals surface area contributed by atoms with E-state index in [2.05, 4.69) is 0 Å². The summed E-state index contributed by atoms with van der Waals surface area (Å²) in [7, 11) is 0. The van der Waals surface area contributed by atoms with Crippen LogP contribution in [0.25, 0.3) is 28.4 Å². The zero-order valence-electron chi connectivity index (χ0n) is 27.2. The van der Waals surface area contributed by atoms with Crippen LogP contribution < -0.4 is 10.2 Å². The Labute approximate surface area is 297 Å². The molecule has 53 heavy (non-hydrogen) atoms. The minimum atomic E-state index is -2.02. The number of carbonyl (C=O) groups excluding carboxylic acids is 1. The smallest absolute Gasteiger partial charge is 0.331 e. The Bertz CT molecular complexity index is 2040. The quantitative estimate of drug-likeness (QED) is 0.0608. The van der Waals surface area contributed by atoms with Crippen molar-refractivity contribution in [3.8, 4) is 45.8 Å². The van der Waals surface area contributed by atoms with Crippen molar-refractivity contribution in [3.63, 3.8) is 0 Å². The molecule has 2 fully saturated rings. The summed E-state index contributed by atoms with van der Waals surface area (Å²) in [5.74, 6) is -4.71. The fourth-order valence-electron chi connectivity index (χ4n) is 5.65. The van der Waals surface area contributed by atoms with Gasteiger partial charge in [-0.05, 0) is 42.0 Å². The Balaban J connectivity index is 1.37. The van der Waals surface area contributed by atoms with Crippen molar-refractivity contribution in [2.75, 3.05) is 13.2 Å². The first-order valence-electron chi connectivity index (χ1n) is 15.9. The number of hydrogen-bond donors (Lipinski definition) is 10. The predicted octanol–water partition coefficient (Wildman–Crippen LogP) is -0.106. The van der Waals surface area contributed by atoms with Crippen molar-refractivity contribution in [1.29, 1.82) is 0 Å². The number of benzene rings is 3. The van der Waals surface area contributed by atoms with Crippen LogP contribution in [-0.4, -0.2) is 126 Å². The highest BCUT2D eigenvalue weighted by Crippen LogP contribution is 2.40. The lowest BCUT2D eigenvalue weighted by atomic mass is 9.98. The van der Waals surface area contributed by atoms with Crippen LogP contribution in [0, 0.1) is 0 Å². The lowest BCUT2D eigenvalue weighted by Gasteiger charge is -2.42. The normalized spacial score (nSPS) is 27.5. The zero-order valence-corrected chi connectivity index (χ0v) is 27.2. The van der Waals surface area contributed by atoms with E-state index in [1.165, 1.54) is 36.4 Å². The van der Waals surface area contributed by atoms with Crippen LogP contribution in [0.1, 0.15) is 5.56 Å². The third-order valence-electron chi connectivity index (χ3n) is 8.47. The van der Waals surface area contributed by atoms with Crippen molar-refractivity contribution in [1.82, 2.24) is 0 Å². The van der Waals surface area contributed by atoms with Crippen LogP contribution in [0.5, 0.6) is 34.5 Å². The zero-order chi connectivity index (χ0) is 38.1. The Morgan fingerprint density at radius 2 is 1.53 bits per heavy atom. The van der Waals surface area contributed by atoms with Gasteiger partial charge < -0.3 is 79.2 Å². The molecule has 0 bridgehead atoms. The number of ether oxygens (including phenoxy) is 5. The lowest BCUT2D eigenvalue weighted by Crippen LogP contribution is -2.62. The van der Waals surface area contributed by atoms with Gasteiger partial charge in [0.2, 0.25) is 17.5 Å². The second-order valence-electron chi connectivity index (χ2n) is 12.2. The molecule has 0 amide bonds. The van der Waals surface area contributed by atoms with Crippen molar-refractivity contribution < 1.29 is 84.0 Å². The number of hydrogen-bond acceptors (Lipinski definition) is 18. The molecule has 3 aromatic carbocycles. The summed E-state index contributed by atoms with van der Waals surface area (Å²) in [5, 5.41) is 102. The van der Waals surface area contributed by atoms with Gasteiger partial charge in [0.25, 0.3) is 0 Å². The molecule has 4 aromatic rings. The summed E-state index contributed by atoms with van der Waals surface area (Å²) in [6.07, 6.45) is -13.4. The first-order chi connectivity index (χ1) is 25.2. The van der Waals surface area contributed by atoms with Crippen LogP contribution in [0.15, 0.2) is 69.9 Å². The molecule has 1 aromatic heterocycles. The van der Waals surface area contributed by atoms with Crippen LogP contribution in [0.3, 0.4) is 0 Å². The number of rotatable bonds is 9. The topological polar surface area (TPSA) is 296 Å². The van der Waals surface area contributed by atoms with Gasteiger partial charge in [0.1, 0.15) is 64.8 Å². The van der Waals surface area contributed by atoms with Gasteiger partial charge in [-0.3, -0.25) is 4.79 Å². The average Bonchev–Trinajstić information content (AvgIpc) is 3.12. The maximum Gasteiger partial charge on any atom is 0.331 e. The molecule has 18 heteroatoms. The molecule has 0 spiro atoms. The lowest BCUT2D eigenvalue weighted by molar-refractivity contribution is -0.308. The van der Waals surface area contributed by atoms with E-state index in [1.54, 1.807) is 0 Å². The van der Waals surface area contributed by atoms with E-state index < -0.39 is 120 Å². The van der Waals surface area contributed by atoms with Gasteiger partial charge in [-0.1, -0.05) is 12.1 Å². The number of fused-ring (bicyclic) bond motifs is 1. The molecule has 0 radical (unpaired) electrons. The molecule has 10 N–H and O–H groups in total. The van der Waals surface area contributed by atoms with Crippen LogP contribution in [0.2, 0.25) is 0 Å². The summed E-state index contributed by atoms with van der Waals surface area (Å²) in [6.45, 7) is -1.09. The van der Waals surface area contributed by atoms with Gasteiger partial charge in [-0.15, -0.1) is 0 Å². The van der Waals surface area contributed by atoms with Gasteiger partial charge in [0.15, 0.2) is 29.7 Å². The molecule has 0 unspecified atom stereocenters. The molecule has 0 aliphatic carbocycles. The Hall–Kier alpha value is -5.44. The molecule has 2 aliphatic heterocycles. The second-order valence-corrected chi connectivity index (χ2v) is 12.2. The Morgan fingerprint density at radius 1 is 0.792 bits per heavy atom. The van der Waals surface area contributed by atoms with E-state index in [4.69, 9.17) is 28.1 Å². The van der Waals surface area contributed by atoms with Gasteiger partial charge in [0.05, 0.1) is 13.2 Å². The fourth-order valence-corrected chi connectivity index (χ4v) is 5.65. The second kappa shape index (κ2) is 15.3. The molecular formula is C35H34O18. The maximum absolute atomic E-state index is 14.0. The minimum Gasteiger partial charge on any atom is -0.508 e. The summed E-state index contributed by atoms with van der Waals surface area (Å²) >= 11 is 0. The summed E-state index contributed by atoms with van der Waals surface area (Å²) in [6, 6.07) is 10.9. The van der Waals surface area contributed by atoms with Crippen LogP contribution >= 0.6 is 0 Å². The largest absolute Gasteiger partial charge is 0.508 e. The van der Waals surface area contributed by atoms with E-state index in [9.17, 15) is 60.7 Å². The summed E-state index contributed by atoms with van der Waals surface area (Å²) in [4.78, 5) is 27.0. The molecule has 0 saturated carbocycles. The van der Waals surface area contributed by atoms with E-state index in [0.29, 0.717) is 5.56 Å². The Kier molecular flexibility index (Phi) is 10.8. The third kappa shape index (κ3) is 7.84. The number of aliphatic hydroxyl groups is 5. The highest BCUT2D eigenvalue weighted by Gasteiger charge is 2.49. The molecule has 6 rings (SSSR count). The third-order valence-corrected chi connectivity index (χ3v) is 8.47. The monoisotopic (exact) mass is 742 g/mol. The predicted molar refractivity (Wildman–Crippen MR) is 177 cm³/mol. The number of phenols is 5. The number of aliphatic hydroxyl groups excluding tert-OH is 5. The number of phenolic OH excluding ortho intramolecular Hbond substituents is 5. The van der Waals surface area contributed by atoms with Crippen molar-refractivity contribution >= 4 is 23.0 Å². The summed E-state index contributed by atoms with van der Waals surface area (Å²) < 4.78 is 33.8. The van der Waals surface area contributed by atoms with Gasteiger partial charge in [0, 0.05) is 23.8 Å². The molecular weight excluding hydrogens is 708 g/mol. The fraction of sp³-hybridized carbons (Fsp3) is 0.314. The molecule has 2 saturated heterocycles. The van der Waals surface area contributed by atoms with Crippen molar-refractivity contribution in [3.05, 3.63) is 76.5 Å². The van der Waals surface area contributed by atoms with Crippen molar-refractivity contribution in [2.24, 2.45) is 0 Å². The number of aromatic hydroxyl groups is 5. The SMILES string of the molecule is O=C(/C=C/c1ccc(O)cc1)O[C@H]1[C@H](Oc2c(-c3ccc(O)c(O)c3)oc3cc(O)cc(O)c3c2=O)O[C@H](CO[C@H]2OC[C@@H](O)[C@@H](O)[C@@H]2O)[C@H](O)[C@@H]1O. The number of esters is 1. The molecule has 3 heterocycles. The standard InChI is InChI=1S/C35H34O18/c36-16-5-1-14(2-6-16)3-8-24(42)52-33-29(46)27(44)23(13-49-34-30(47)26(43)21(41)12-48-34)51-35(33)53-32-28(45)25-20(40)10-17(37)11-22(25)50-31(32)15-4-7-18(38)19(39)9-15/h1-11,21,23,26-27,29-30,33-41,43-44,46-47H,12-13H2/b8-3+/t21-,23-,26-,27+,29+,30+,33-,34-,35+/m1/s1. The molecule has 18 nitrogen and oxygen atoms in total. The van der Waals surface area contributed by atoms with E-state index in [0.717, 1.165) is 30.3 Å². The number of carbonyl (C=O) groups is 1. The molecule has 9 atom stereocenters. The highest BCUT2D eigenvalue weighted by molar-refractivity contribution is 5.89. The highest BCUT2D eigenvalue weighted by atomic mass is 16.7. The average molecular weight is 743 g/mol. The maximum atomic E-state index is 14.0. The Morgan fingerprint density at radius 3 is 2.25 bits per heavy atom. The molecule has 282 valence electrons.